The molecule has 0 aliphatic carbocycles. The van der Waals surface area contributed by atoms with Crippen molar-refractivity contribution in [3.05, 3.63) is 51.4 Å². The van der Waals surface area contributed by atoms with E-state index in [2.05, 4.69) is 4.98 Å². The first kappa shape index (κ1) is 15.5. The monoisotopic (exact) mass is 329 g/mol. The molecule has 9 heteroatoms. The smallest absolute Gasteiger partial charge is 0.358 e. The quantitative estimate of drug-likeness (QED) is 0.635. The van der Waals surface area contributed by atoms with E-state index in [0.29, 0.717) is 9.00 Å². The Morgan fingerprint density at radius 2 is 1.86 bits per heavy atom. The average molecular weight is 330 g/mol. The molecule has 0 bridgehead atoms. The molecule has 21 heavy (non-hydrogen) atoms. The van der Waals surface area contributed by atoms with Crippen molar-refractivity contribution < 1.29 is 13.3 Å². The minimum Gasteiger partial charge on any atom is -0.358 e. The molecule has 0 saturated carbocycles. The fourth-order valence-electron chi connectivity index (χ4n) is 1.81. The number of nitrogens with zero attached hydrogens (tertiary/aromatic N) is 3. The Balaban J connectivity index is 2.72. The Hall–Kier alpha value is -1.93. The summed E-state index contributed by atoms with van der Waals surface area (Å²) >= 11 is 5.73. The molecule has 1 heterocycles. The molecule has 0 fully saturated rings. The zero-order chi connectivity index (χ0) is 15.8. The highest BCUT2D eigenvalue weighted by molar-refractivity contribution is 7.90. The van der Waals surface area contributed by atoms with Crippen molar-refractivity contribution in [2.75, 3.05) is 0 Å². The van der Waals surface area contributed by atoms with E-state index in [1.165, 1.54) is 24.3 Å². The number of aromatic nitrogens is 2. The van der Waals surface area contributed by atoms with Gasteiger partial charge < -0.3 is 10.1 Å². The SMILES string of the molecule is CC(C)c1ncc([N+](=O)[O-])n1S(=O)(=O)c1ccc(Cl)cc1. The molecule has 0 radical (unpaired) electrons. The molecule has 0 aliphatic heterocycles. The van der Waals surface area contributed by atoms with E-state index in [-0.39, 0.29) is 16.6 Å². The van der Waals surface area contributed by atoms with E-state index in [4.69, 9.17) is 11.6 Å². The largest absolute Gasteiger partial charge is 0.358 e. The van der Waals surface area contributed by atoms with Crippen LogP contribution in [0, 0.1) is 10.1 Å². The van der Waals surface area contributed by atoms with Crippen LogP contribution < -0.4 is 0 Å². The second-order valence-corrected chi connectivity index (χ2v) is 6.83. The van der Waals surface area contributed by atoms with Crippen LogP contribution in [0.4, 0.5) is 5.82 Å². The lowest BCUT2D eigenvalue weighted by molar-refractivity contribution is -0.390. The average Bonchev–Trinajstić information content (AvgIpc) is 2.84. The van der Waals surface area contributed by atoms with Crippen LogP contribution in [-0.2, 0) is 10.0 Å². The van der Waals surface area contributed by atoms with Gasteiger partial charge in [-0.3, -0.25) is 0 Å². The van der Waals surface area contributed by atoms with Crippen LogP contribution in [0.3, 0.4) is 0 Å². The molecule has 0 N–H and O–H groups in total. The van der Waals surface area contributed by atoms with Gasteiger partial charge in [-0.05, 0) is 29.2 Å². The lowest BCUT2D eigenvalue weighted by Crippen LogP contribution is -2.18. The highest BCUT2D eigenvalue weighted by Gasteiger charge is 2.34. The minimum atomic E-state index is -4.11. The third-order valence-electron chi connectivity index (χ3n) is 2.78. The van der Waals surface area contributed by atoms with Crippen LogP contribution >= 0.6 is 11.6 Å². The second-order valence-electron chi connectivity index (χ2n) is 4.61. The van der Waals surface area contributed by atoms with Crippen LogP contribution in [0.25, 0.3) is 0 Å². The first-order valence-electron chi connectivity index (χ1n) is 5.98. The second kappa shape index (κ2) is 5.45. The number of halogens is 1. The van der Waals surface area contributed by atoms with Gasteiger partial charge in [-0.2, -0.15) is 8.42 Å². The summed E-state index contributed by atoms with van der Waals surface area (Å²) in [6, 6.07) is 5.41. The van der Waals surface area contributed by atoms with E-state index in [1.54, 1.807) is 13.8 Å². The van der Waals surface area contributed by atoms with Crippen molar-refractivity contribution in [3.63, 3.8) is 0 Å². The van der Waals surface area contributed by atoms with Gasteiger partial charge in [0, 0.05) is 10.9 Å². The zero-order valence-electron chi connectivity index (χ0n) is 11.2. The standard InChI is InChI=1S/C12H12ClN3O4S/c1-8(2)12-14-7-11(16(17)18)15(12)21(19,20)10-5-3-9(13)4-6-10/h3-8H,1-2H3. The third kappa shape index (κ3) is 2.77. The number of rotatable bonds is 4. The summed E-state index contributed by atoms with van der Waals surface area (Å²) < 4.78 is 25.9. The summed E-state index contributed by atoms with van der Waals surface area (Å²) in [7, 11) is -4.11. The molecule has 2 aromatic rings. The molecule has 0 aliphatic rings. The number of benzene rings is 1. The lowest BCUT2D eigenvalue weighted by atomic mass is 10.2. The van der Waals surface area contributed by atoms with Crippen molar-refractivity contribution in [3.8, 4) is 0 Å². The number of hydrogen-bond donors (Lipinski definition) is 0. The van der Waals surface area contributed by atoms with Gasteiger partial charge in [0.1, 0.15) is 11.1 Å². The Morgan fingerprint density at radius 3 is 2.33 bits per heavy atom. The molecule has 7 nitrogen and oxygen atoms in total. The zero-order valence-corrected chi connectivity index (χ0v) is 12.8. The van der Waals surface area contributed by atoms with Crippen molar-refractivity contribution in [1.82, 2.24) is 8.96 Å². The number of nitro groups is 1. The molecule has 0 unspecified atom stereocenters. The van der Waals surface area contributed by atoms with Gasteiger partial charge in [0.2, 0.25) is 5.82 Å². The molecule has 0 atom stereocenters. The van der Waals surface area contributed by atoms with Gasteiger partial charge in [0.05, 0.1) is 0 Å². The van der Waals surface area contributed by atoms with Crippen LogP contribution in [0.15, 0.2) is 35.4 Å². The minimum absolute atomic E-state index is 0.0881. The maximum Gasteiger partial charge on any atom is 0.358 e. The van der Waals surface area contributed by atoms with E-state index < -0.39 is 20.8 Å². The maximum atomic E-state index is 12.6. The molecular formula is C12H12ClN3O4S. The lowest BCUT2D eigenvalue weighted by Gasteiger charge is -2.07. The molecule has 0 amide bonds. The summed E-state index contributed by atoms with van der Waals surface area (Å²) in [6.45, 7) is 3.42. The van der Waals surface area contributed by atoms with Crippen LogP contribution in [0.5, 0.6) is 0 Å². The summed E-state index contributed by atoms with van der Waals surface area (Å²) in [4.78, 5) is 14.1. The van der Waals surface area contributed by atoms with Crippen molar-refractivity contribution in [1.29, 1.82) is 0 Å². The summed E-state index contributed by atoms with van der Waals surface area (Å²) in [5, 5.41) is 11.4. The first-order chi connectivity index (χ1) is 9.75. The maximum absolute atomic E-state index is 12.6. The summed E-state index contributed by atoms with van der Waals surface area (Å²) in [5.74, 6) is -0.772. The Bertz CT molecular complexity index is 781. The first-order valence-corrected chi connectivity index (χ1v) is 7.80. The van der Waals surface area contributed by atoms with E-state index in [0.717, 1.165) is 6.20 Å². The van der Waals surface area contributed by atoms with Crippen molar-refractivity contribution in [2.24, 2.45) is 0 Å². The van der Waals surface area contributed by atoms with Gasteiger partial charge in [0.15, 0.2) is 0 Å². The highest BCUT2D eigenvalue weighted by Crippen LogP contribution is 2.27. The van der Waals surface area contributed by atoms with Crippen LogP contribution in [-0.4, -0.2) is 22.3 Å². The van der Waals surface area contributed by atoms with Gasteiger partial charge >= 0.3 is 15.8 Å². The number of imidazole rings is 1. The van der Waals surface area contributed by atoms with E-state index in [9.17, 15) is 18.5 Å². The van der Waals surface area contributed by atoms with Gasteiger partial charge in [-0.1, -0.05) is 29.4 Å². The Kier molecular flexibility index (Phi) is 4.02. The van der Waals surface area contributed by atoms with Crippen molar-refractivity contribution in [2.45, 2.75) is 24.7 Å². The normalized spacial score (nSPS) is 11.8. The molecule has 0 saturated heterocycles. The molecular weight excluding hydrogens is 318 g/mol. The topological polar surface area (TPSA) is 95.1 Å². The van der Waals surface area contributed by atoms with Gasteiger partial charge in [0.25, 0.3) is 0 Å². The fourth-order valence-corrected chi connectivity index (χ4v) is 3.49. The molecule has 1 aromatic carbocycles. The highest BCUT2D eigenvalue weighted by atomic mass is 35.5. The predicted octanol–water partition coefficient (Wildman–Crippen LogP) is 2.81. The molecule has 0 spiro atoms. The Labute approximate surface area is 126 Å². The summed E-state index contributed by atoms with van der Waals surface area (Å²) in [5.41, 5.74) is 0. The van der Waals surface area contributed by atoms with Crippen LogP contribution in [0.1, 0.15) is 25.6 Å². The van der Waals surface area contributed by atoms with E-state index >= 15 is 0 Å². The fraction of sp³-hybridized carbons (Fsp3) is 0.250. The van der Waals surface area contributed by atoms with Gasteiger partial charge in [-0.25, -0.2) is 4.98 Å². The Morgan fingerprint density at radius 1 is 1.29 bits per heavy atom. The molecule has 1 aromatic heterocycles. The third-order valence-corrected chi connectivity index (χ3v) is 4.76. The van der Waals surface area contributed by atoms with Gasteiger partial charge in [-0.15, -0.1) is 0 Å². The van der Waals surface area contributed by atoms with Crippen LogP contribution in [0.2, 0.25) is 5.02 Å². The van der Waals surface area contributed by atoms with Crippen molar-refractivity contribution >= 4 is 27.4 Å². The molecule has 2 rings (SSSR count). The molecule has 112 valence electrons. The predicted molar refractivity (Wildman–Crippen MR) is 77.0 cm³/mol. The number of hydrogen-bond acceptors (Lipinski definition) is 5. The summed E-state index contributed by atoms with van der Waals surface area (Å²) in [6.07, 6.45) is 0.947. The van der Waals surface area contributed by atoms with E-state index in [1.807, 2.05) is 0 Å².